The molecule has 0 aromatic heterocycles. The van der Waals surface area contributed by atoms with Crippen molar-refractivity contribution in [2.75, 3.05) is 6.61 Å². The van der Waals surface area contributed by atoms with Crippen LogP contribution in [0.5, 0.6) is 0 Å². The first-order valence-electron chi connectivity index (χ1n) is 9.48. The molecular weight excluding hydrogens is 224 g/mol. The van der Waals surface area contributed by atoms with Gasteiger partial charge in [-0.2, -0.15) is 0 Å². The quantitative estimate of drug-likeness (QED) is 0.279. The van der Waals surface area contributed by atoms with E-state index in [2.05, 4.69) is 0 Å². The van der Waals surface area contributed by atoms with Gasteiger partial charge < -0.3 is 4.74 Å². The summed E-state index contributed by atoms with van der Waals surface area (Å²) >= 11 is 0. The summed E-state index contributed by atoms with van der Waals surface area (Å²) in [6.45, 7) is -0.656. The van der Waals surface area contributed by atoms with Crippen LogP contribution in [0.25, 0.3) is 0 Å². The third kappa shape index (κ3) is 15.2. The van der Waals surface area contributed by atoms with Gasteiger partial charge >= 0.3 is 5.97 Å². The van der Waals surface area contributed by atoms with Gasteiger partial charge in [0.2, 0.25) is 0 Å². The van der Waals surface area contributed by atoms with Gasteiger partial charge in [0, 0.05) is 13.8 Å². The summed E-state index contributed by atoms with van der Waals surface area (Å²) in [6.07, 6.45) is 9.99. The molecule has 0 radical (unpaired) electrons. The minimum Gasteiger partial charge on any atom is -0.466 e. The fraction of sp³-hybridized carbons (Fsp3) is 0.812. The van der Waals surface area contributed by atoms with Crippen LogP contribution in [0.3, 0.4) is 0 Å². The Hall–Kier alpha value is -0.790. The van der Waals surface area contributed by atoms with Gasteiger partial charge in [-0.1, -0.05) is 57.5 Å². The van der Waals surface area contributed by atoms with E-state index in [1.165, 1.54) is 25.8 Å². The number of esters is 1. The van der Waals surface area contributed by atoms with Crippen LogP contribution in [0.2, 0.25) is 0 Å². The van der Waals surface area contributed by atoms with Gasteiger partial charge in [-0.25, -0.2) is 0 Å². The van der Waals surface area contributed by atoms with Crippen LogP contribution in [0.1, 0.15) is 84.8 Å². The van der Waals surface area contributed by atoms with Gasteiger partial charge in [0.1, 0.15) is 0 Å². The Balaban J connectivity index is 3.42. The summed E-state index contributed by atoms with van der Waals surface area (Å²) in [7, 11) is 0. The highest BCUT2D eigenvalue weighted by Gasteiger charge is 1.94. The molecule has 0 saturated carbocycles. The van der Waals surface area contributed by atoms with E-state index in [1.807, 2.05) is 0 Å². The Bertz CT molecular complexity index is 351. The maximum Gasteiger partial charge on any atom is 0.302 e. The molecule has 106 valence electrons. The third-order valence-electron chi connectivity index (χ3n) is 2.77. The van der Waals surface area contributed by atoms with Gasteiger partial charge in [-0.15, -0.1) is 0 Å². The molecule has 0 heterocycles. The Morgan fingerprint density at radius 1 is 1.06 bits per heavy atom. The molecule has 18 heavy (non-hydrogen) atoms. The Morgan fingerprint density at radius 2 is 1.67 bits per heavy atom. The van der Waals surface area contributed by atoms with E-state index in [-0.39, 0.29) is 5.97 Å². The van der Waals surface area contributed by atoms with E-state index in [0.29, 0.717) is 6.61 Å². The summed E-state index contributed by atoms with van der Waals surface area (Å²) in [5.74, 6) is -0.217. The molecule has 0 saturated heterocycles. The van der Waals surface area contributed by atoms with Crippen molar-refractivity contribution in [3.8, 4) is 0 Å². The van der Waals surface area contributed by atoms with Crippen LogP contribution in [-0.4, -0.2) is 12.6 Å². The first kappa shape index (κ1) is 10.1. The summed E-state index contributed by atoms with van der Waals surface area (Å²) in [4.78, 5) is 10.6. The van der Waals surface area contributed by atoms with Crippen molar-refractivity contribution in [2.45, 2.75) is 77.9 Å². The molecule has 0 N–H and O–H groups in total. The molecule has 0 unspecified atom stereocenters. The molecule has 0 aromatic carbocycles. The molecule has 0 aromatic rings. The molecule has 2 heteroatoms. The highest BCUT2D eigenvalue weighted by atomic mass is 16.5. The zero-order valence-corrected chi connectivity index (χ0v) is 11.5. The Morgan fingerprint density at radius 3 is 2.28 bits per heavy atom. The summed E-state index contributed by atoms with van der Waals surface area (Å²) < 4.78 is 41.0. The largest absolute Gasteiger partial charge is 0.466 e. The third-order valence-corrected chi connectivity index (χ3v) is 2.77. The van der Waals surface area contributed by atoms with Gasteiger partial charge in [0.25, 0.3) is 0 Å². The number of unbranched alkanes of at least 4 members (excludes halogenated alkanes) is 8. The summed E-state index contributed by atoms with van der Waals surface area (Å²) in [6, 6.07) is 0. The molecule has 0 fully saturated rings. The van der Waals surface area contributed by atoms with Crippen molar-refractivity contribution < 1.29 is 16.4 Å². The predicted molar refractivity (Wildman–Crippen MR) is 77.6 cm³/mol. The number of carbonyl (C=O) groups is 1. The van der Waals surface area contributed by atoms with Crippen LogP contribution in [0.15, 0.2) is 12.2 Å². The van der Waals surface area contributed by atoms with E-state index < -0.39 is 13.2 Å². The number of ether oxygens (including phenoxy) is 1. The van der Waals surface area contributed by atoms with Gasteiger partial charge in [0.05, 0.1) is 6.61 Å². The van der Waals surface area contributed by atoms with Crippen molar-refractivity contribution in [2.24, 2.45) is 0 Å². The molecule has 2 nitrogen and oxygen atoms in total. The van der Waals surface area contributed by atoms with Crippen molar-refractivity contribution in [3.05, 3.63) is 12.2 Å². The lowest BCUT2D eigenvalue weighted by atomic mass is 10.1. The number of carbonyl (C=O) groups excluding carboxylic acids is 1. The predicted octanol–water partition coefficient (Wildman–Crippen LogP) is 5.03. The molecule has 0 aliphatic heterocycles. The van der Waals surface area contributed by atoms with Gasteiger partial charge in [0.15, 0.2) is 0 Å². The second-order valence-electron chi connectivity index (χ2n) is 4.50. The molecular formula is C16H30O2. The first-order valence-corrected chi connectivity index (χ1v) is 6.98. The lowest BCUT2D eigenvalue weighted by Gasteiger charge is -2.02. The minimum absolute atomic E-state index is 0.217. The van der Waals surface area contributed by atoms with Crippen molar-refractivity contribution in [1.82, 2.24) is 0 Å². The zero-order chi connectivity index (χ0) is 17.8. The topological polar surface area (TPSA) is 26.3 Å². The number of hydrogen-bond donors (Lipinski definition) is 0. The fourth-order valence-corrected chi connectivity index (χ4v) is 1.78. The average Bonchev–Trinajstić information content (AvgIpc) is 2.42. The van der Waals surface area contributed by atoms with E-state index in [4.69, 9.17) is 11.6 Å². The smallest absolute Gasteiger partial charge is 0.302 e. The number of rotatable bonds is 12. The van der Waals surface area contributed by atoms with Crippen LogP contribution < -0.4 is 0 Å². The maximum absolute atomic E-state index is 10.6. The monoisotopic (exact) mass is 259 g/mol. The summed E-state index contributed by atoms with van der Waals surface area (Å²) in [5.41, 5.74) is 0. The Kier molecular flexibility index (Phi) is 7.97. The van der Waals surface area contributed by atoms with Crippen LogP contribution in [0, 0.1) is 0 Å². The second-order valence-corrected chi connectivity index (χ2v) is 4.50. The normalized spacial score (nSPS) is 16.6. The molecule has 0 aliphatic rings. The van der Waals surface area contributed by atoms with E-state index in [0.717, 1.165) is 44.9 Å². The number of allylic oxidation sites excluding steroid dienone is 2. The minimum atomic E-state index is -2.60. The molecule has 0 atom stereocenters. The SMILES string of the molecule is [2H]C([2H])([2H])C([2H])([2H])/C=C/CCCCCCCCCCOC(C)=O. The second kappa shape index (κ2) is 14.3. The van der Waals surface area contributed by atoms with Gasteiger partial charge in [-0.3, -0.25) is 4.79 Å². The Labute approximate surface area is 120 Å². The molecule has 0 spiro atoms. The molecule has 0 aliphatic carbocycles. The highest BCUT2D eigenvalue weighted by Crippen LogP contribution is 2.10. The van der Waals surface area contributed by atoms with Crippen molar-refractivity contribution >= 4 is 5.97 Å². The lowest BCUT2D eigenvalue weighted by molar-refractivity contribution is -0.141. The molecule has 0 rings (SSSR count). The fourth-order valence-electron chi connectivity index (χ4n) is 1.78. The van der Waals surface area contributed by atoms with E-state index in [9.17, 15) is 4.79 Å². The lowest BCUT2D eigenvalue weighted by Crippen LogP contribution is -2.00. The number of hydrogen-bond acceptors (Lipinski definition) is 2. The summed E-state index contributed by atoms with van der Waals surface area (Å²) in [5, 5.41) is 0. The van der Waals surface area contributed by atoms with E-state index >= 15 is 0 Å². The zero-order valence-electron chi connectivity index (χ0n) is 16.5. The molecule has 0 bridgehead atoms. The van der Waals surface area contributed by atoms with Crippen LogP contribution in [0.4, 0.5) is 0 Å². The van der Waals surface area contributed by atoms with E-state index in [1.54, 1.807) is 6.08 Å². The van der Waals surface area contributed by atoms with Crippen LogP contribution >= 0.6 is 0 Å². The first-order chi connectivity index (χ1) is 10.7. The van der Waals surface area contributed by atoms with Crippen LogP contribution in [-0.2, 0) is 9.53 Å². The maximum atomic E-state index is 10.6. The molecule has 0 amide bonds. The van der Waals surface area contributed by atoms with Crippen molar-refractivity contribution in [3.63, 3.8) is 0 Å². The van der Waals surface area contributed by atoms with Gasteiger partial charge in [-0.05, 0) is 25.6 Å². The van der Waals surface area contributed by atoms with Crippen molar-refractivity contribution in [1.29, 1.82) is 0 Å². The highest BCUT2D eigenvalue weighted by molar-refractivity contribution is 5.65. The average molecular weight is 259 g/mol. The standard InChI is InChI=1S/C16H30O2/c1-3-4-5-6-7-8-9-10-11-12-13-14-15-18-16(2)17/h4-5H,3,6-15H2,1-2H3/b5-4+/i1D3,3D2.